The van der Waals surface area contributed by atoms with Crippen molar-refractivity contribution >= 4 is 39.4 Å². The standard InChI is InChI=1S/C11H20ClNO4S2/c1-3-17-11(14)10-7-18-5-4-13(10)19(15,16)8-9(2)6-12/h9-10H,3-8H2,1-2H3. The zero-order chi connectivity index (χ0) is 14.5. The molecule has 0 saturated carbocycles. The number of rotatable bonds is 6. The minimum Gasteiger partial charge on any atom is -0.465 e. The van der Waals surface area contributed by atoms with Gasteiger partial charge in [-0.15, -0.1) is 11.6 Å². The summed E-state index contributed by atoms with van der Waals surface area (Å²) in [6.07, 6.45) is 0. The Labute approximate surface area is 124 Å². The van der Waals surface area contributed by atoms with Crippen LogP contribution in [0.2, 0.25) is 0 Å². The van der Waals surface area contributed by atoms with E-state index in [4.69, 9.17) is 16.3 Å². The van der Waals surface area contributed by atoms with Crippen LogP contribution in [-0.4, -0.2) is 61.0 Å². The second-order valence-corrected chi connectivity index (χ2v) is 7.92. The normalized spacial score (nSPS) is 23.0. The van der Waals surface area contributed by atoms with E-state index in [0.29, 0.717) is 18.1 Å². The molecule has 8 heteroatoms. The van der Waals surface area contributed by atoms with Crippen molar-refractivity contribution in [3.05, 3.63) is 0 Å². The monoisotopic (exact) mass is 329 g/mol. The summed E-state index contributed by atoms with van der Waals surface area (Å²) in [5.41, 5.74) is 0. The number of alkyl halides is 1. The summed E-state index contributed by atoms with van der Waals surface area (Å²) < 4.78 is 30.9. The van der Waals surface area contributed by atoms with Gasteiger partial charge in [0.1, 0.15) is 6.04 Å². The van der Waals surface area contributed by atoms with Gasteiger partial charge in [0.15, 0.2) is 0 Å². The van der Waals surface area contributed by atoms with Crippen LogP contribution in [0, 0.1) is 5.92 Å². The Balaban J connectivity index is 2.84. The molecule has 112 valence electrons. The van der Waals surface area contributed by atoms with Gasteiger partial charge < -0.3 is 4.74 Å². The zero-order valence-electron chi connectivity index (χ0n) is 11.2. The van der Waals surface area contributed by atoms with Gasteiger partial charge >= 0.3 is 5.97 Å². The Kier molecular flexibility index (Phi) is 6.93. The molecule has 0 aliphatic carbocycles. The van der Waals surface area contributed by atoms with Crippen molar-refractivity contribution in [3.8, 4) is 0 Å². The van der Waals surface area contributed by atoms with Crippen molar-refractivity contribution in [2.45, 2.75) is 19.9 Å². The topological polar surface area (TPSA) is 63.7 Å². The van der Waals surface area contributed by atoms with Crippen molar-refractivity contribution in [2.75, 3.05) is 36.3 Å². The van der Waals surface area contributed by atoms with E-state index in [0.717, 1.165) is 0 Å². The second kappa shape index (κ2) is 7.71. The summed E-state index contributed by atoms with van der Waals surface area (Å²) in [7, 11) is -3.47. The predicted molar refractivity (Wildman–Crippen MR) is 78.1 cm³/mol. The Hall–Kier alpha value is 0.0200. The van der Waals surface area contributed by atoms with E-state index in [1.165, 1.54) is 4.31 Å². The molecule has 0 aromatic rings. The zero-order valence-corrected chi connectivity index (χ0v) is 13.6. The molecule has 1 heterocycles. The smallest absolute Gasteiger partial charge is 0.325 e. The molecule has 19 heavy (non-hydrogen) atoms. The Morgan fingerprint density at radius 3 is 2.84 bits per heavy atom. The first-order valence-corrected chi connectivity index (χ1v) is 9.52. The van der Waals surface area contributed by atoms with Gasteiger partial charge in [0.2, 0.25) is 10.0 Å². The predicted octanol–water partition coefficient (Wildman–Crippen LogP) is 1.17. The fourth-order valence-electron chi connectivity index (χ4n) is 1.85. The van der Waals surface area contributed by atoms with Gasteiger partial charge in [0.25, 0.3) is 0 Å². The molecule has 0 amide bonds. The number of ether oxygens (including phenoxy) is 1. The molecular weight excluding hydrogens is 310 g/mol. The highest BCUT2D eigenvalue weighted by Crippen LogP contribution is 2.22. The lowest BCUT2D eigenvalue weighted by Crippen LogP contribution is -2.52. The minimum atomic E-state index is -3.47. The van der Waals surface area contributed by atoms with Crippen molar-refractivity contribution in [3.63, 3.8) is 0 Å². The molecular formula is C11H20ClNO4S2. The summed E-state index contributed by atoms with van der Waals surface area (Å²) in [6, 6.07) is -0.703. The van der Waals surface area contributed by atoms with E-state index < -0.39 is 22.0 Å². The molecule has 0 radical (unpaired) electrons. The molecule has 5 nitrogen and oxygen atoms in total. The number of halogens is 1. The van der Waals surface area contributed by atoms with Crippen LogP contribution < -0.4 is 0 Å². The van der Waals surface area contributed by atoms with Crippen molar-refractivity contribution in [1.82, 2.24) is 4.31 Å². The van der Waals surface area contributed by atoms with Crippen LogP contribution in [0.15, 0.2) is 0 Å². The first-order valence-electron chi connectivity index (χ1n) is 6.22. The third-order valence-corrected chi connectivity index (χ3v) is 6.45. The van der Waals surface area contributed by atoms with Gasteiger partial charge in [-0.1, -0.05) is 6.92 Å². The maximum atomic E-state index is 12.3. The second-order valence-electron chi connectivity index (χ2n) is 4.49. The lowest BCUT2D eigenvalue weighted by molar-refractivity contribution is -0.146. The Bertz CT molecular complexity index is 401. The van der Waals surface area contributed by atoms with E-state index in [2.05, 4.69) is 0 Å². The van der Waals surface area contributed by atoms with Gasteiger partial charge in [-0.2, -0.15) is 16.1 Å². The molecule has 1 aliphatic rings. The SMILES string of the molecule is CCOC(=O)C1CSCCN1S(=O)(=O)CC(C)CCl. The van der Waals surface area contributed by atoms with Crippen LogP contribution in [-0.2, 0) is 19.6 Å². The summed E-state index contributed by atoms with van der Waals surface area (Å²) in [4.78, 5) is 11.8. The van der Waals surface area contributed by atoms with Gasteiger partial charge in [-0.25, -0.2) is 8.42 Å². The largest absolute Gasteiger partial charge is 0.465 e. The number of carbonyl (C=O) groups excluding carboxylic acids is 1. The number of carbonyl (C=O) groups is 1. The number of hydrogen-bond donors (Lipinski definition) is 0. The lowest BCUT2D eigenvalue weighted by Gasteiger charge is -2.33. The summed E-state index contributed by atoms with van der Waals surface area (Å²) >= 11 is 7.24. The number of thioether (sulfide) groups is 1. The maximum Gasteiger partial charge on any atom is 0.325 e. The van der Waals surface area contributed by atoms with Crippen molar-refractivity contribution in [2.24, 2.45) is 5.92 Å². The highest BCUT2D eigenvalue weighted by atomic mass is 35.5. The number of sulfonamides is 1. The first-order chi connectivity index (χ1) is 8.92. The van der Waals surface area contributed by atoms with Gasteiger partial charge in [-0.05, 0) is 12.8 Å². The first kappa shape index (κ1) is 17.1. The molecule has 1 rings (SSSR count). The number of nitrogens with zero attached hydrogens (tertiary/aromatic N) is 1. The van der Waals surface area contributed by atoms with E-state index in [9.17, 15) is 13.2 Å². The van der Waals surface area contributed by atoms with Crippen LogP contribution in [0.5, 0.6) is 0 Å². The molecule has 2 atom stereocenters. The van der Waals surface area contributed by atoms with Crippen molar-refractivity contribution < 1.29 is 17.9 Å². The lowest BCUT2D eigenvalue weighted by atomic mass is 10.3. The fraction of sp³-hybridized carbons (Fsp3) is 0.909. The van der Waals surface area contributed by atoms with Gasteiger partial charge in [0.05, 0.1) is 12.4 Å². The van der Waals surface area contributed by atoms with Crippen LogP contribution in [0.25, 0.3) is 0 Å². The average Bonchev–Trinajstić information content (AvgIpc) is 2.38. The number of esters is 1. The van der Waals surface area contributed by atoms with E-state index in [-0.39, 0.29) is 24.2 Å². The Morgan fingerprint density at radius 1 is 1.58 bits per heavy atom. The summed E-state index contributed by atoms with van der Waals surface area (Å²) in [6.45, 7) is 4.10. The molecule has 0 spiro atoms. The number of hydrogen-bond acceptors (Lipinski definition) is 5. The molecule has 0 aromatic carbocycles. The molecule has 1 aliphatic heterocycles. The van der Waals surface area contributed by atoms with Crippen LogP contribution in [0.3, 0.4) is 0 Å². The van der Waals surface area contributed by atoms with Crippen LogP contribution in [0.1, 0.15) is 13.8 Å². The molecule has 0 bridgehead atoms. The quantitative estimate of drug-likeness (QED) is 0.540. The highest BCUT2D eigenvalue weighted by molar-refractivity contribution is 7.99. The van der Waals surface area contributed by atoms with E-state index >= 15 is 0 Å². The summed E-state index contributed by atoms with van der Waals surface area (Å²) in [5, 5.41) is 0. The van der Waals surface area contributed by atoms with E-state index in [1.54, 1.807) is 25.6 Å². The molecule has 2 unspecified atom stereocenters. The minimum absolute atomic E-state index is 0.0307. The van der Waals surface area contributed by atoms with Crippen molar-refractivity contribution in [1.29, 1.82) is 0 Å². The third kappa shape index (κ3) is 4.81. The van der Waals surface area contributed by atoms with Crippen LogP contribution in [0.4, 0.5) is 0 Å². The van der Waals surface area contributed by atoms with E-state index in [1.807, 2.05) is 0 Å². The maximum absolute atomic E-state index is 12.3. The van der Waals surface area contributed by atoms with Gasteiger partial charge in [-0.3, -0.25) is 4.79 Å². The summed E-state index contributed by atoms with van der Waals surface area (Å²) in [5.74, 6) is 0.807. The molecule has 0 N–H and O–H groups in total. The average molecular weight is 330 g/mol. The van der Waals surface area contributed by atoms with Gasteiger partial charge in [0, 0.05) is 23.9 Å². The fourth-order valence-corrected chi connectivity index (χ4v) is 5.27. The van der Waals surface area contributed by atoms with Crippen LogP contribution >= 0.6 is 23.4 Å². The highest BCUT2D eigenvalue weighted by Gasteiger charge is 2.38. The third-order valence-electron chi connectivity index (χ3n) is 2.75. The molecule has 0 aromatic heterocycles. The molecule has 1 fully saturated rings. The molecule has 1 saturated heterocycles. The Morgan fingerprint density at radius 2 is 2.26 bits per heavy atom.